The summed E-state index contributed by atoms with van der Waals surface area (Å²) in [6, 6.07) is -1.32. The largest absolute Gasteiger partial charge is 0.462 e. The number of aliphatic hydroxyl groups is 5. The van der Waals surface area contributed by atoms with Gasteiger partial charge in [0.1, 0.15) is 42.7 Å². The van der Waals surface area contributed by atoms with Gasteiger partial charge in [0, 0.05) is 25.4 Å². The lowest BCUT2D eigenvalue weighted by Gasteiger charge is -2.58. The first-order valence-electron chi connectivity index (χ1n) is 23.1. The molecule has 13 heteroatoms. The Labute approximate surface area is 352 Å². The molecule has 2 aliphatic heterocycles. The molecule has 0 radical (unpaired) electrons. The number of carbonyl (C=O) groups excluding carboxylic acids is 2. The van der Waals surface area contributed by atoms with E-state index >= 15 is 0 Å². The Hall–Kier alpha value is -1.68. The van der Waals surface area contributed by atoms with Gasteiger partial charge in [0.25, 0.3) is 0 Å². The van der Waals surface area contributed by atoms with Crippen LogP contribution in [0.4, 0.5) is 0 Å². The fourth-order valence-electron chi connectivity index (χ4n) is 12.8. The van der Waals surface area contributed by atoms with E-state index in [0.29, 0.717) is 11.3 Å². The average Bonchev–Trinajstić information content (AvgIpc) is 3.56. The number of rotatable bonds is 16. The summed E-state index contributed by atoms with van der Waals surface area (Å²) in [6.45, 7) is 14.8. The second kappa shape index (κ2) is 19.8. The molecule has 0 aromatic carbocycles. The van der Waals surface area contributed by atoms with Gasteiger partial charge in [0.05, 0.1) is 25.7 Å². The summed E-state index contributed by atoms with van der Waals surface area (Å²) in [5, 5.41) is 54.8. The van der Waals surface area contributed by atoms with E-state index in [1.165, 1.54) is 50.5 Å². The van der Waals surface area contributed by atoms with Gasteiger partial charge in [-0.15, -0.1) is 0 Å². The van der Waals surface area contributed by atoms with Crippen molar-refractivity contribution in [3.05, 3.63) is 11.6 Å². The molecule has 4 aliphatic carbocycles. The maximum Gasteiger partial charge on any atom is 0.306 e. The van der Waals surface area contributed by atoms with Crippen LogP contribution in [0.3, 0.4) is 0 Å². The molecule has 8 unspecified atom stereocenters. The van der Waals surface area contributed by atoms with Crippen molar-refractivity contribution in [2.75, 3.05) is 19.8 Å². The van der Waals surface area contributed by atoms with E-state index < -0.39 is 86.3 Å². The third-order valence-electron chi connectivity index (χ3n) is 16.1. The number of hydrogen-bond donors (Lipinski definition) is 6. The Morgan fingerprint density at radius 1 is 0.915 bits per heavy atom. The lowest BCUT2D eigenvalue weighted by atomic mass is 9.47. The number of nitrogens with one attached hydrogen (secondary N) is 1. The highest BCUT2D eigenvalue weighted by Crippen LogP contribution is 2.67. The average molecular weight is 836 g/mol. The standard InChI is InChI=1S/C46H77NO12/c1-8-55-41-27(5)43(54)57-35(24-49)42(41)59-44-38(40(53)39(52)34(23-48)58-44)47-36(50)16-17-37(51)56-29-18-20-45(6)28(22-29)12-13-30-32-15-14-31(26(4)11-9-10-25(2)3)46(32,7)21-19-33(30)45/h12,25-27,29-35,38-44,48-49,52-54H,8-11,13-24H2,1-7H3,(H,47,50)/t26-,27?,29-,30?,31-,32?,33?,34?,35?,38?,39+,40-,41-,42+,43?,44+,45+,46-/m1/s1. The van der Waals surface area contributed by atoms with Crippen LogP contribution in [0.15, 0.2) is 11.6 Å². The number of allylic oxidation sites excluding steroid dienone is 1. The molecule has 0 spiro atoms. The van der Waals surface area contributed by atoms with Crippen LogP contribution in [-0.4, -0.2) is 119 Å². The molecule has 13 nitrogen and oxygen atoms in total. The number of esters is 1. The first kappa shape index (κ1) is 46.8. The minimum Gasteiger partial charge on any atom is -0.462 e. The molecule has 338 valence electrons. The zero-order valence-electron chi connectivity index (χ0n) is 36.8. The highest BCUT2D eigenvalue weighted by molar-refractivity contribution is 5.81. The molecule has 59 heavy (non-hydrogen) atoms. The molecule has 5 fully saturated rings. The Morgan fingerprint density at radius 3 is 2.36 bits per heavy atom. The lowest BCUT2D eigenvalue weighted by molar-refractivity contribution is -0.337. The highest BCUT2D eigenvalue weighted by Gasteiger charge is 2.59. The summed E-state index contributed by atoms with van der Waals surface area (Å²) >= 11 is 0. The van der Waals surface area contributed by atoms with Crippen molar-refractivity contribution in [1.82, 2.24) is 5.32 Å². The Kier molecular flexibility index (Phi) is 15.7. The molecule has 18 atom stereocenters. The summed E-state index contributed by atoms with van der Waals surface area (Å²) < 4.78 is 29.5. The van der Waals surface area contributed by atoms with E-state index in [4.69, 9.17) is 23.7 Å². The minimum atomic E-state index is -1.61. The number of ether oxygens (including phenoxy) is 5. The minimum absolute atomic E-state index is 0.122. The van der Waals surface area contributed by atoms with Gasteiger partial charge in [-0.05, 0) is 98.2 Å². The third kappa shape index (κ3) is 9.78. The van der Waals surface area contributed by atoms with Crippen LogP contribution in [0.5, 0.6) is 0 Å². The van der Waals surface area contributed by atoms with Crippen molar-refractivity contribution < 1.29 is 58.8 Å². The molecular formula is C46H77NO12. The van der Waals surface area contributed by atoms with Crippen molar-refractivity contribution >= 4 is 11.9 Å². The molecule has 0 aromatic rings. The van der Waals surface area contributed by atoms with Gasteiger partial charge in [0.2, 0.25) is 5.91 Å². The number of fused-ring (bicyclic) bond motifs is 5. The van der Waals surface area contributed by atoms with Crippen LogP contribution in [0.25, 0.3) is 0 Å². The lowest BCUT2D eigenvalue weighted by Crippen LogP contribution is -2.67. The number of hydrogen-bond acceptors (Lipinski definition) is 12. The van der Waals surface area contributed by atoms with E-state index in [2.05, 4.69) is 46.0 Å². The second-order valence-corrected chi connectivity index (χ2v) is 20.1. The van der Waals surface area contributed by atoms with Crippen molar-refractivity contribution in [3.8, 4) is 0 Å². The van der Waals surface area contributed by atoms with E-state index in [1.807, 2.05) is 0 Å². The Morgan fingerprint density at radius 2 is 1.66 bits per heavy atom. The van der Waals surface area contributed by atoms with E-state index in [0.717, 1.165) is 55.3 Å². The number of carbonyl (C=O) groups is 2. The first-order chi connectivity index (χ1) is 28.1. The quantitative estimate of drug-likeness (QED) is 0.0923. The van der Waals surface area contributed by atoms with Gasteiger partial charge in [-0.1, -0.05) is 72.5 Å². The molecular weight excluding hydrogens is 759 g/mol. The van der Waals surface area contributed by atoms with Crippen LogP contribution in [0, 0.1) is 52.3 Å². The van der Waals surface area contributed by atoms with Crippen LogP contribution in [0.2, 0.25) is 0 Å². The summed E-state index contributed by atoms with van der Waals surface area (Å²) in [7, 11) is 0. The first-order valence-corrected chi connectivity index (χ1v) is 23.1. The molecule has 6 rings (SSSR count). The monoisotopic (exact) mass is 836 g/mol. The van der Waals surface area contributed by atoms with Crippen LogP contribution in [0.1, 0.15) is 132 Å². The summed E-state index contributed by atoms with van der Waals surface area (Å²) in [5.74, 6) is 2.90. The van der Waals surface area contributed by atoms with Crippen molar-refractivity contribution in [2.24, 2.45) is 52.3 Å². The van der Waals surface area contributed by atoms with E-state index in [1.54, 1.807) is 13.8 Å². The van der Waals surface area contributed by atoms with Crippen LogP contribution in [-0.2, 0) is 33.3 Å². The predicted octanol–water partition coefficient (Wildman–Crippen LogP) is 4.78. The van der Waals surface area contributed by atoms with Crippen molar-refractivity contribution in [1.29, 1.82) is 0 Å². The van der Waals surface area contributed by atoms with Gasteiger partial charge >= 0.3 is 5.97 Å². The topological polar surface area (TPSA) is 193 Å². The smallest absolute Gasteiger partial charge is 0.306 e. The van der Waals surface area contributed by atoms with Crippen molar-refractivity contribution in [3.63, 3.8) is 0 Å². The van der Waals surface area contributed by atoms with Gasteiger partial charge < -0.3 is 54.5 Å². The highest BCUT2D eigenvalue weighted by atomic mass is 16.7. The fraction of sp³-hybridized carbons (Fsp3) is 0.913. The van der Waals surface area contributed by atoms with E-state index in [9.17, 15) is 35.1 Å². The molecule has 2 heterocycles. The maximum atomic E-state index is 13.3. The molecule has 3 saturated carbocycles. The Bertz CT molecular complexity index is 1440. The van der Waals surface area contributed by atoms with Crippen LogP contribution >= 0.6 is 0 Å². The molecule has 0 bridgehead atoms. The summed E-state index contributed by atoms with van der Waals surface area (Å²) in [5.41, 5.74) is 1.98. The zero-order valence-corrected chi connectivity index (χ0v) is 36.8. The molecule has 6 aliphatic rings. The van der Waals surface area contributed by atoms with Gasteiger partial charge in [-0.2, -0.15) is 0 Å². The molecule has 1 amide bonds. The van der Waals surface area contributed by atoms with Crippen LogP contribution < -0.4 is 5.32 Å². The van der Waals surface area contributed by atoms with Gasteiger partial charge in [-0.25, -0.2) is 0 Å². The molecule has 2 saturated heterocycles. The zero-order chi connectivity index (χ0) is 42.8. The predicted molar refractivity (Wildman–Crippen MR) is 219 cm³/mol. The molecule has 0 aromatic heterocycles. The third-order valence-corrected chi connectivity index (χ3v) is 16.1. The Balaban J connectivity index is 1.03. The summed E-state index contributed by atoms with van der Waals surface area (Å²) in [6.07, 6.45) is 4.92. The van der Waals surface area contributed by atoms with Gasteiger partial charge in [0.15, 0.2) is 12.6 Å². The summed E-state index contributed by atoms with van der Waals surface area (Å²) in [4.78, 5) is 26.5. The SMILES string of the molecule is CCO[C@@H]1C(C)C(O)OC(CO)[C@@H]1O[C@@H]1OC(CO)[C@H](O)[C@H](O)C1NC(=O)CCC(=O)O[C@@H]1CC[C@@]2(C)C(=CCC3C2CC[C@@]2(C)C3CC[C@@H]2[C@H](C)CCCC(C)C)C1. The maximum absolute atomic E-state index is 13.3. The normalized spacial score (nSPS) is 43.9. The fourth-order valence-corrected chi connectivity index (χ4v) is 12.8. The van der Waals surface area contributed by atoms with Crippen molar-refractivity contribution in [2.45, 2.75) is 193 Å². The number of amides is 1. The molecule has 6 N–H and O–H groups in total. The van der Waals surface area contributed by atoms with E-state index in [-0.39, 0.29) is 31.0 Å². The second-order valence-electron chi connectivity index (χ2n) is 20.1. The number of aliphatic hydroxyl groups excluding tert-OH is 5. The van der Waals surface area contributed by atoms with Gasteiger partial charge in [-0.3, -0.25) is 9.59 Å².